The molecule has 568 valence electrons. The van der Waals surface area contributed by atoms with Crippen molar-refractivity contribution in [2.45, 2.75) is 258 Å². The molecule has 30 saturated heterocycles. The van der Waals surface area contributed by atoms with Crippen LogP contribution in [0.25, 0.3) is 0 Å². The molecule has 41 atom stereocenters. The SMILES string of the molecule is O=C(O)[C@H](Cc1ccccc1)NC[C@H]1O[C@@H]2O[C@H]3[C@@H](O)[C@H](O)[C@@H](O[C@H]4[C@H](O)[C@H](O)[C@@H](O[C@H]5[C@H](O)[C@@H](O)[C@@H](O[C@H]6[C@@H](O)[C@H](O)[C@@H](O[C@H]7[C@H](O)[C@@H](O)[C@@H](O[C@H]8[C@H](O)[C@@H](O)[C@@H](O[C@H]9[C@H](O)[C@@H](O)[C@@H](O[C@H]1[C@H](O)[C@H]2O)O[C@@H]9CO)O[C@@H]8CO)O[C@@H]7CO)O[C@@H]6CO)O[C@@H]5CO)O[C@@H]4CO)O[C@@H]3CO. The Morgan fingerprint density at radius 3 is 0.646 bits per heavy atom. The molecule has 25 N–H and O–H groups in total. The lowest BCUT2D eigenvalue weighted by Gasteiger charge is -2.50. The third-order valence-corrected chi connectivity index (χ3v) is 18.9. The molecule has 16 bridgehead atoms. The average Bonchev–Trinajstić information content (AvgIpc) is 0.781. The first-order valence-electron chi connectivity index (χ1n) is 31.9. The highest BCUT2D eigenvalue weighted by Crippen LogP contribution is 2.40. The fourth-order valence-electron chi connectivity index (χ4n) is 13.3. The first kappa shape index (κ1) is 78.7. The largest absolute Gasteiger partial charge is 0.480 e. The summed E-state index contributed by atoms with van der Waals surface area (Å²) in [6, 6.07) is 6.76. The van der Waals surface area contributed by atoms with E-state index < -0.39 is 310 Å². The standard InChI is InChI=1S/C57H89NO41/c59-8-18-42-27(68)35(76)52(86-18)95-44-20(10-61)88-54(37(78)29(44)70)97-46-22(12-63)90-56(39(80)31(46)72)99-48-24(14-65)91-57(40(81)32(48)73)98-47-23(13-64)89-55(38(79)30(47)71)96-45-21(11-62)87-53(36(77)28(45)69)94-43-19(9-60)85-51(34(75)26(43)67)92-41-17(84-50(93-42)33(74)25(41)66)7-58-16(49(82)83)6-15-4-2-1-3-5-15/h1-5,16-48,50-81H,6-14H2,(H,82,83)/t16-,17+,18+,19+,20+,21+,22+,23+,24+,25+,26+,27-,28+,29+,30+,31+,32-,33+,34+,35-,36+,37-,38+,39+,40-,41+,42+,43+,44+,45+,46+,47+,48+,50+,51+,52+,53+,54+,55+,56+,57+/m0/s1. The summed E-state index contributed by atoms with van der Waals surface area (Å²) in [5.41, 5.74) is 0.528. The minimum Gasteiger partial charge on any atom is -0.480 e. The molecule has 30 aliphatic heterocycles. The van der Waals surface area contributed by atoms with Gasteiger partial charge in [0.05, 0.1) is 46.2 Å². The molecule has 42 nitrogen and oxygen atoms in total. The lowest BCUT2D eigenvalue weighted by molar-refractivity contribution is -0.403. The number of hydrogen-bond donors (Lipinski definition) is 25. The van der Waals surface area contributed by atoms with Crippen molar-refractivity contribution in [2.24, 2.45) is 0 Å². The van der Waals surface area contributed by atoms with Gasteiger partial charge in [0.25, 0.3) is 0 Å². The smallest absolute Gasteiger partial charge is 0.321 e. The molecule has 0 radical (unpaired) electrons. The average molecular weight is 1440 g/mol. The Balaban J connectivity index is 0.935. The second kappa shape index (κ2) is 34.1. The van der Waals surface area contributed by atoms with E-state index in [0.29, 0.717) is 5.56 Å². The summed E-state index contributed by atoms with van der Waals surface area (Å²) in [5, 5.41) is 272. The van der Waals surface area contributed by atoms with E-state index in [9.17, 15) is 127 Å². The molecular formula is C57H89NO41. The zero-order valence-electron chi connectivity index (χ0n) is 52.1. The van der Waals surface area contributed by atoms with Crippen LogP contribution in [0.5, 0.6) is 0 Å². The van der Waals surface area contributed by atoms with Gasteiger partial charge in [-0.05, 0) is 12.0 Å². The first-order chi connectivity index (χ1) is 47.2. The summed E-state index contributed by atoms with van der Waals surface area (Å²) in [4.78, 5) is 12.7. The molecule has 0 spiro atoms. The van der Waals surface area contributed by atoms with Crippen molar-refractivity contribution >= 4 is 5.97 Å². The van der Waals surface area contributed by atoms with E-state index in [4.69, 9.17) is 75.8 Å². The number of rotatable bonds is 13. The zero-order valence-corrected chi connectivity index (χ0v) is 52.1. The quantitative estimate of drug-likeness (QED) is 0.0872. The van der Waals surface area contributed by atoms with Gasteiger partial charge >= 0.3 is 5.97 Å². The third kappa shape index (κ3) is 16.4. The second-order valence-corrected chi connectivity index (χ2v) is 25.3. The molecule has 0 unspecified atom stereocenters. The van der Waals surface area contributed by atoms with Crippen molar-refractivity contribution in [1.82, 2.24) is 5.32 Å². The molecule has 0 aromatic heterocycles. The summed E-state index contributed by atoms with van der Waals surface area (Å²) in [6.45, 7) is -8.39. The monoisotopic (exact) mass is 1440 g/mol. The second-order valence-electron chi connectivity index (χ2n) is 25.3. The van der Waals surface area contributed by atoms with E-state index >= 15 is 0 Å². The van der Waals surface area contributed by atoms with Crippen molar-refractivity contribution in [3.63, 3.8) is 0 Å². The molecule has 30 fully saturated rings. The third-order valence-electron chi connectivity index (χ3n) is 18.9. The zero-order chi connectivity index (χ0) is 71.7. The number of benzene rings is 1. The van der Waals surface area contributed by atoms with Crippen LogP contribution in [0.4, 0.5) is 0 Å². The number of aliphatic hydroxyl groups excluding tert-OH is 23. The summed E-state index contributed by atoms with van der Waals surface area (Å²) in [6.07, 6.45) is -83.6. The molecule has 30 aliphatic rings. The fraction of sp³-hybridized carbons (Fsp3) is 0.877. The first-order valence-corrected chi connectivity index (χ1v) is 31.9. The summed E-state index contributed by atoms with van der Waals surface area (Å²) in [5.74, 6) is -1.40. The summed E-state index contributed by atoms with van der Waals surface area (Å²) < 4.78 is 92.8. The predicted molar refractivity (Wildman–Crippen MR) is 304 cm³/mol. The van der Waals surface area contributed by atoms with Crippen LogP contribution >= 0.6 is 0 Å². The lowest BCUT2D eigenvalue weighted by Crippen LogP contribution is -2.69. The Bertz CT molecular complexity index is 2640. The molecule has 0 aliphatic carbocycles. The van der Waals surface area contributed by atoms with Crippen molar-refractivity contribution in [2.75, 3.05) is 52.8 Å². The normalized spacial score (nSPS) is 50.8. The Morgan fingerprint density at radius 1 is 0.283 bits per heavy atom. The number of nitrogens with one attached hydrogen (secondary N) is 1. The van der Waals surface area contributed by atoms with Gasteiger partial charge < -0.3 is 204 Å². The van der Waals surface area contributed by atoms with Crippen molar-refractivity contribution in [1.29, 1.82) is 0 Å². The van der Waals surface area contributed by atoms with Gasteiger partial charge in [-0.25, -0.2) is 0 Å². The van der Waals surface area contributed by atoms with Gasteiger partial charge in [0.2, 0.25) is 0 Å². The Kier molecular flexibility index (Phi) is 27.1. The van der Waals surface area contributed by atoms with Gasteiger partial charge in [-0.2, -0.15) is 0 Å². The van der Waals surface area contributed by atoms with Gasteiger partial charge in [-0.3, -0.25) is 4.79 Å². The number of carboxylic acids is 1. The molecule has 1 aromatic rings. The molecule has 99 heavy (non-hydrogen) atoms. The van der Waals surface area contributed by atoms with Crippen LogP contribution in [-0.2, 0) is 87.0 Å². The summed E-state index contributed by atoms with van der Waals surface area (Å²) >= 11 is 0. The number of aliphatic carboxylic acids is 1. The molecular weight excluding hydrogens is 1350 g/mol. The van der Waals surface area contributed by atoms with Gasteiger partial charge in [0, 0.05) is 6.54 Å². The van der Waals surface area contributed by atoms with Crippen LogP contribution in [0.15, 0.2) is 30.3 Å². The molecule has 31 rings (SSSR count). The Morgan fingerprint density at radius 2 is 0.465 bits per heavy atom. The summed E-state index contributed by atoms with van der Waals surface area (Å²) in [7, 11) is 0. The van der Waals surface area contributed by atoms with E-state index in [1.165, 1.54) is 0 Å². The molecule has 0 amide bonds. The highest BCUT2D eigenvalue weighted by molar-refractivity contribution is 5.73. The minimum absolute atomic E-state index is 0.165. The van der Waals surface area contributed by atoms with E-state index in [-0.39, 0.29) is 6.42 Å². The topological polar surface area (TPSA) is 662 Å². The molecule has 0 saturated carbocycles. The van der Waals surface area contributed by atoms with Crippen LogP contribution in [0.3, 0.4) is 0 Å². The molecule has 42 heteroatoms. The van der Waals surface area contributed by atoms with Crippen molar-refractivity contribution in [3.8, 4) is 0 Å². The van der Waals surface area contributed by atoms with E-state index in [1.807, 2.05) is 0 Å². The highest BCUT2D eigenvalue weighted by atomic mass is 16.8. The lowest BCUT2D eigenvalue weighted by atomic mass is 9.94. The maximum Gasteiger partial charge on any atom is 0.321 e. The van der Waals surface area contributed by atoms with Crippen LogP contribution in [0, 0.1) is 0 Å². The number of carboxylic acid groups (broad SMARTS) is 1. The van der Waals surface area contributed by atoms with Crippen LogP contribution < -0.4 is 5.32 Å². The Hall–Kier alpha value is -2.91. The number of aliphatic hydroxyl groups is 23. The molecule has 1 aromatic carbocycles. The maximum atomic E-state index is 12.7. The van der Waals surface area contributed by atoms with Crippen LogP contribution in [0.2, 0.25) is 0 Å². The predicted octanol–water partition coefficient (Wildman–Crippen LogP) is -16.1. The van der Waals surface area contributed by atoms with Gasteiger partial charge in [0.1, 0.15) is 201 Å². The van der Waals surface area contributed by atoms with Crippen LogP contribution in [-0.4, -0.2) is 433 Å². The number of carbonyl (C=O) groups is 1. The molecule has 30 heterocycles. The Labute approximate surface area is 560 Å². The van der Waals surface area contributed by atoms with Crippen LogP contribution in [0.1, 0.15) is 5.56 Å². The van der Waals surface area contributed by atoms with Crippen molar-refractivity contribution in [3.05, 3.63) is 35.9 Å². The fourth-order valence-corrected chi connectivity index (χ4v) is 13.3. The van der Waals surface area contributed by atoms with E-state index in [1.54, 1.807) is 30.3 Å². The van der Waals surface area contributed by atoms with E-state index in [2.05, 4.69) is 5.32 Å². The maximum absolute atomic E-state index is 12.7. The van der Waals surface area contributed by atoms with Crippen molar-refractivity contribution < 1.29 is 203 Å². The van der Waals surface area contributed by atoms with E-state index in [0.717, 1.165) is 0 Å². The van der Waals surface area contributed by atoms with Gasteiger partial charge in [-0.1, -0.05) is 30.3 Å². The minimum atomic E-state index is -2.32. The van der Waals surface area contributed by atoms with Gasteiger partial charge in [0.15, 0.2) is 50.3 Å². The van der Waals surface area contributed by atoms with Gasteiger partial charge in [-0.15, -0.1) is 0 Å². The number of ether oxygens (including phenoxy) is 16. The highest BCUT2D eigenvalue weighted by Gasteiger charge is 2.60. The number of hydrogen-bond acceptors (Lipinski definition) is 41.